The van der Waals surface area contributed by atoms with Crippen LogP contribution in [-0.2, 0) is 6.42 Å². The number of oxazole rings is 1. The lowest BCUT2D eigenvalue weighted by atomic mass is 10.3. The Kier molecular flexibility index (Phi) is 2.26. The number of aromatic amines is 1. The van der Waals surface area contributed by atoms with E-state index in [1.165, 1.54) is 0 Å². The minimum atomic E-state index is 0.517. The SMILES string of the molecule is Nc1cccc2oc(Cc3nc4ccccc4[nH]3)nc12. The second kappa shape index (κ2) is 4.09. The maximum atomic E-state index is 5.88. The fourth-order valence-corrected chi connectivity index (χ4v) is 2.32. The molecule has 4 rings (SSSR count). The van der Waals surface area contributed by atoms with Crippen LogP contribution in [0.25, 0.3) is 22.1 Å². The highest BCUT2D eigenvalue weighted by Gasteiger charge is 2.11. The van der Waals surface area contributed by atoms with E-state index in [1.807, 2.05) is 42.5 Å². The first kappa shape index (κ1) is 11.0. The van der Waals surface area contributed by atoms with Crippen molar-refractivity contribution in [3.8, 4) is 0 Å². The fourth-order valence-electron chi connectivity index (χ4n) is 2.32. The van der Waals surface area contributed by atoms with Crippen molar-refractivity contribution in [2.45, 2.75) is 6.42 Å². The van der Waals surface area contributed by atoms with Gasteiger partial charge < -0.3 is 15.1 Å². The topological polar surface area (TPSA) is 80.7 Å². The quantitative estimate of drug-likeness (QED) is 0.545. The molecule has 5 heteroatoms. The highest BCUT2D eigenvalue weighted by molar-refractivity contribution is 5.85. The number of hydrogen-bond acceptors (Lipinski definition) is 4. The Labute approximate surface area is 114 Å². The van der Waals surface area contributed by atoms with E-state index < -0.39 is 0 Å². The Morgan fingerprint density at radius 2 is 1.95 bits per heavy atom. The van der Waals surface area contributed by atoms with Crippen molar-refractivity contribution < 1.29 is 4.42 Å². The van der Waals surface area contributed by atoms with Gasteiger partial charge in [0, 0.05) is 0 Å². The number of anilines is 1. The van der Waals surface area contributed by atoms with Gasteiger partial charge in [-0.05, 0) is 24.3 Å². The number of nitrogens with one attached hydrogen (secondary N) is 1. The van der Waals surface area contributed by atoms with E-state index >= 15 is 0 Å². The number of imidazole rings is 1. The molecule has 98 valence electrons. The third-order valence-corrected chi connectivity index (χ3v) is 3.25. The molecule has 0 atom stereocenters. The lowest BCUT2D eigenvalue weighted by molar-refractivity contribution is 0.540. The van der Waals surface area contributed by atoms with Crippen LogP contribution in [0, 0.1) is 0 Å². The summed E-state index contributed by atoms with van der Waals surface area (Å²) in [5, 5.41) is 0. The van der Waals surface area contributed by atoms with Crippen LogP contribution in [0.4, 0.5) is 5.69 Å². The number of benzene rings is 2. The molecule has 0 fully saturated rings. The molecular formula is C15H12N4O. The smallest absolute Gasteiger partial charge is 0.203 e. The summed E-state index contributed by atoms with van der Waals surface area (Å²) in [7, 11) is 0. The van der Waals surface area contributed by atoms with Gasteiger partial charge in [0.15, 0.2) is 5.58 Å². The number of para-hydroxylation sites is 3. The predicted molar refractivity (Wildman–Crippen MR) is 77.3 cm³/mol. The zero-order chi connectivity index (χ0) is 13.5. The van der Waals surface area contributed by atoms with Gasteiger partial charge in [-0.1, -0.05) is 18.2 Å². The third-order valence-electron chi connectivity index (χ3n) is 3.25. The number of H-pyrrole nitrogens is 1. The molecule has 5 nitrogen and oxygen atoms in total. The maximum absolute atomic E-state index is 5.88. The molecule has 0 amide bonds. The molecular weight excluding hydrogens is 252 g/mol. The molecule has 4 aromatic rings. The Morgan fingerprint density at radius 3 is 2.80 bits per heavy atom. The monoisotopic (exact) mass is 264 g/mol. The first-order valence-corrected chi connectivity index (χ1v) is 6.37. The van der Waals surface area contributed by atoms with Crippen LogP contribution in [0.5, 0.6) is 0 Å². The zero-order valence-corrected chi connectivity index (χ0v) is 10.6. The van der Waals surface area contributed by atoms with Crippen LogP contribution >= 0.6 is 0 Å². The molecule has 0 bridgehead atoms. The molecule has 0 saturated heterocycles. The van der Waals surface area contributed by atoms with Crippen LogP contribution in [0.15, 0.2) is 46.9 Å². The van der Waals surface area contributed by atoms with Crippen molar-refractivity contribution in [2.75, 3.05) is 5.73 Å². The van der Waals surface area contributed by atoms with Gasteiger partial charge >= 0.3 is 0 Å². The summed E-state index contributed by atoms with van der Waals surface area (Å²) in [6.45, 7) is 0. The average Bonchev–Trinajstić information content (AvgIpc) is 3.02. The van der Waals surface area contributed by atoms with Crippen molar-refractivity contribution in [1.29, 1.82) is 0 Å². The van der Waals surface area contributed by atoms with Crippen molar-refractivity contribution >= 4 is 27.8 Å². The van der Waals surface area contributed by atoms with Gasteiger partial charge in [0.2, 0.25) is 5.89 Å². The maximum Gasteiger partial charge on any atom is 0.203 e. The molecule has 0 aliphatic rings. The molecule has 20 heavy (non-hydrogen) atoms. The molecule has 0 aliphatic carbocycles. The number of nitrogen functional groups attached to an aromatic ring is 1. The van der Waals surface area contributed by atoms with E-state index in [1.54, 1.807) is 0 Å². The lowest BCUT2D eigenvalue weighted by Gasteiger charge is -1.89. The molecule has 2 aromatic heterocycles. The van der Waals surface area contributed by atoms with E-state index in [9.17, 15) is 0 Å². The predicted octanol–water partition coefficient (Wildman–Crippen LogP) is 2.88. The van der Waals surface area contributed by atoms with Gasteiger partial charge in [-0.3, -0.25) is 0 Å². The molecule has 2 aromatic carbocycles. The normalized spacial score (nSPS) is 11.4. The van der Waals surface area contributed by atoms with Crippen LogP contribution in [0.1, 0.15) is 11.7 Å². The first-order valence-electron chi connectivity index (χ1n) is 6.37. The van der Waals surface area contributed by atoms with Crippen LogP contribution in [-0.4, -0.2) is 15.0 Å². The molecule has 0 radical (unpaired) electrons. The largest absolute Gasteiger partial charge is 0.440 e. The number of rotatable bonds is 2. The summed E-state index contributed by atoms with van der Waals surface area (Å²) in [4.78, 5) is 12.2. The summed E-state index contributed by atoms with van der Waals surface area (Å²) in [6, 6.07) is 13.4. The van der Waals surface area contributed by atoms with Gasteiger partial charge in [-0.25, -0.2) is 9.97 Å². The van der Waals surface area contributed by atoms with Gasteiger partial charge in [0.25, 0.3) is 0 Å². The van der Waals surface area contributed by atoms with Crippen molar-refractivity contribution in [1.82, 2.24) is 15.0 Å². The standard InChI is InChI=1S/C15H12N4O/c16-9-4-3-7-12-15(9)19-14(20-12)8-13-17-10-5-1-2-6-11(10)18-13/h1-7H,8,16H2,(H,17,18). The Morgan fingerprint density at radius 1 is 1.05 bits per heavy atom. The van der Waals surface area contributed by atoms with Crippen LogP contribution < -0.4 is 5.73 Å². The number of nitrogens with zero attached hydrogens (tertiary/aromatic N) is 2. The minimum Gasteiger partial charge on any atom is -0.440 e. The van der Waals surface area contributed by atoms with Gasteiger partial charge in [0.1, 0.15) is 11.3 Å². The Hall–Kier alpha value is -2.82. The van der Waals surface area contributed by atoms with E-state index in [2.05, 4.69) is 15.0 Å². The molecule has 0 saturated carbocycles. The molecule has 0 aliphatic heterocycles. The lowest BCUT2D eigenvalue weighted by Crippen LogP contribution is -1.91. The van der Waals surface area contributed by atoms with Crippen LogP contribution in [0.3, 0.4) is 0 Å². The minimum absolute atomic E-state index is 0.517. The van der Waals surface area contributed by atoms with Gasteiger partial charge in [-0.15, -0.1) is 0 Å². The molecule has 3 N–H and O–H groups in total. The van der Waals surface area contributed by atoms with Crippen molar-refractivity contribution in [3.05, 3.63) is 54.2 Å². The van der Waals surface area contributed by atoms with Crippen molar-refractivity contribution in [3.63, 3.8) is 0 Å². The summed E-state index contributed by atoms with van der Waals surface area (Å²) in [5.74, 6) is 1.44. The van der Waals surface area contributed by atoms with Gasteiger partial charge in [0.05, 0.1) is 23.1 Å². The molecule has 2 heterocycles. The second-order valence-corrected chi connectivity index (χ2v) is 4.68. The van der Waals surface area contributed by atoms with Crippen LogP contribution in [0.2, 0.25) is 0 Å². The highest BCUT2D eigenvalue weighted by Crippen LogP contribution is 2.22. The van der Waals surface area contributed by atoms with E-state index in [0.29, 0.717) is 29.1 Å². The summed E-state index contributed by atoms with van der Waals surface area (Å²) < 4.78 is 5.70. The van der Waals surface area contributed by atoms with Gasteiger partial charge in [-0.2, -0.15) is 0 Å². The molecule has 0 spiro atoms. The Bertz CT molecular complexity index is 873. The summed E-state index contributed by atoms with van der Waals surface area (Å²) in [5.41, 5.74) is 9.87. The fraction of sp³-hybridized carbons (Fsp3) is 0.0667. The average molecular weight is 264 g/mol. The summed E-state index contributed by atoms with van der Waals surface area (Å²) >= 11 is 0. The number of nitrogens with two attached hydrogens (primary N) is 1. The van der Waals surface area contributed by atoms with E-state index in [4.69, 9.17) is 10.2 Å². The Balaban J connectivity index is 1.74. The first-order chi connectivity index (χ1) is 9.79. The second-order valence-electron chi connectivity index (χ2n) is 4.68. The number of hydrogen-bond donors (Lipinski definition) is 2. The van der Waals surface area contributed by atoms with Crippen molar-refractivity contribution in [2.24, 2.45) is 0 Å². The highest BCUT2D eigenvalue weighted by atomic mass is 16.3. The third kappa shape index (κ3) is 1.72. The number of fused-ring (bicyclic) bond motifs is 2. The zero-order valence-electron chi connectivity index (χ0n) is 10.6. The van der Waals surface area contributed by atoms with E-state index in [-0.39, 0.29) is 0 Å². The number of aromatic nitrogens is 3. The van der Waals surface area contributed by atoms with E-state index in [0.717, 1.165) is 16.9 Å². The molecule has 0 unspecified atom stereocenters. The summed E-state index contributed by atoms with van der Waals surface area (Å²) in [6.07, 6.45) is 0.517.